The number of alkyl halides is 3. The van der Waals surface area contributed by atoms with Gasteiger partial charge in [0, 0.05) is 62.1 Å². The van der Waals surface area contributed by atoms with Crippen LogP contribution in [0.15, 0.2) is 48.5 Å². The van der Waals surface area contributed by atoms with Gasteiger partial charge in [0.2, 0.25) is 5.91 Å². The summed E-state index contributed by atoms with van der Waals surface area (Å²) >= 11 is 5.89. The number of carbonyl (C=O) groups excluding carboxylic acids is 3. The highest BCUT2D eigenvalue weighted by Crippen LogP contribution is 2.29. The number of piperazine rings is 1. The van der Waals surface area contributed by atoms with Crippen LogP contribution < -0.4 is 16.0 Å². The highest BCUT2D eigenvalue weighted by Gasteiger charge is 2.31. The molecule has 3 N–H and O–H groups in total. The summed E-state index contributed by atoms with van der Waals surface area (Å²) in [7, 11) is 0. The molecule has 2 aliphatic rings. The molecule has 0 saturated carbocycles. The van der Waals surface area contributed by atoms with Gasteiger partial charge in [-0.2, -0.15) is 13.2 Å². The van der Waals surface area contributed by atoms with Crippen molar-refractivity contribution in [1.29, 1.82) is 0 Å². The second-order valence-electron chi connectivity index (χ2n) is 9.79. The van der Waals surface area contributed by atoms with Crippen LogP contribution in [-0.4, -0.2) is 91.1 Å². The molecule has 4 rings (SSSR count). The van der Waals surface area contributed by atoms with Crippen LogP contribution in [0.2, 0.25) is 5.02 Å². The lowest BCUT2D eigenvalue weighted by molar-refractivity contribution is -0.137. The van der Waals surface area contributed by atoms with Crippen molar-refractivity contribution in [3.63, 3.8) is 0 Å². The first-order valence-corrected chi connectivity index (χ1v) is 13.5. The number of amides is 4. The Morgan fingerprint density at radius 3 is 2.38 bits per heavy atom. The standard InChI is InChI=1S/C27H32ClF3N6O3/c28-21-6-8-22(9-7-21)33-26(40)37-15-12-35(13-16-37)11-14-36-10-2-5-23(36)34-24(38)18-32-25(39)19-3-1-4-20(17-19)27(29,30)31/h1,3-4,6-9,17,23H,2,5,10-16,18H2,(H,32,39)(H,33,40)(H,34,38). The van der Waals surface area contributed by atoms with Gasteiger partial charge in [0.25, 0.3) is 5.91 Å². The number of nitrogens with one attached hydrogen (secondary N) is 3. The van der Waals surface area contributed by atoms with Crippen molar-refractivity contribution >= 4 is 35.1 Å². The number of anilines is 1. The maximum absolute atomic E-state index is 12.9. The molecule has 0 spiro atoms. The number of halogens is 4. The van der Waals surface area contributed by atoms with E-state index in [1.807, 2.05) is 0 Å². The lowest BCUT2D eigenvalue weighted by Gasteiger charge is -2.36. The summed E-state index contributed by atoms with van der Waals surface area (Å²) in [5.74, 6) is -1.15. The zero-order valence-electron chi connectivity index (χ0n) is 21.8. The highest BCUT2D eigenvalue weighted by atomic mass is 35.5. The largest absolute Gasteiger partial charge is 0.416 e. The van der Waals surface area contributed by atoms with Crippen molar-refractivity contribution in [2.45, 2.75) is 25.2 Å². The van der Waals surface area contributed by atoms with Crippen LogP contribution in [-0.2, 0) is 11.0 Å². The Morgan fingerprint density at radius 1 is 0.950 bits per heavy atom. The van der Waals surface area contributed by atoms with E-state index in [4.69, 9.17) is 11.6 Å². The predicted octanol–water partition coefficient (Wildman–Crippen LogP) is 3.48. The molecule has 2 aromatic carbocycles. The van der Waals surface area contributed by atoms with Gasteiger partial charge in [-0.1, -0.05) is 17.7 Å². The normalized spacial score (nSPS) is 18.4. The van der Waals surface area contributed by atoms with E-state index in [0.717, 1.165) is 63.8 Å². The summed E-state index contributed by atoms with van der Waals surface area (Å²) in [6.07, 6.45) is -3.05. The van der Waals surface area contributed by atoms with Crippen LogP contribution in [0, 0.1) is 0 Å². The van der Waals surface area contributed by atoms with Crippen LogP contribution in [0.3, 0.4) is 0 Å². The average Bonchev–Trinajstić information content (AvgIpc) is 3.38. The molecule has 0 aliphatic carbocycles. The minimum atomic E-state index is -4.56. The van der Waals surface area contributed by atoms with E-state index in [1.165, 1.54) is 6.07 Å². The van der Waals surface area contributed by atoms with Gasteiger partial charge in [-0.15, -0.1) is 0 Å². The summed E-state index contributed by atoms with van der Waals surface area (Å²) in [5.41, 5.74) is -0.393. The summed E-state index contributed by atoms with van der Waals surface area (Å²) in [6, 6.07) is 10.9. The van der Waals surface area contributed by atoms with Gasteiger partial charge in [0.1, 0.15) is 0 Å². The molecule has 0 aromatic heterocycles. The molecule has 2 fully saturated rings. The fourth-order valence-corrected chi connectivity index (χ4v) is 4.90. The number of benzene rings is 2. The Balaban J connectivity index is 1.16. The minimum absolute atomic E-state index is 0.149. The third-order valence-electron chi connectivity index (χ3n) is 7.01. The van der Waals surface area contributed by atoms with Crippen LogP contribution in [0.5, 0.6) is 0 Å². The second kappa shape index (κ2) is 13.3. The van der Waals surface area contributed by atoms with Crippen LogP contribution in [0.4, 0.5) is 23.7 Å². The first-order valence-electron chi connectivity index (χ1n) is 13.1. The van der Waals surface area contributed by atoms with E-state index in [2.05, 4.69) is 25.8 Å². The fourth-order valence-electron chi connectivity index (χ4n) is 4.77. The summed E-state index contributed by atoms with van der Waals surface area (Å²) in [4.78, 5) is 43.5. The number of hydrogen-bond donors (Lipinski definition) is 3. The molecule has 2 saturated heterocycles. The molecule has 40 heavy (non-hydrogen) atoms. The number of likely N-dealkylation sites (tertiary alicyclic amines) is 1. The van der Waals surface area contributed by atoms with Gasteiger partial charge in [-0.05, 0) is 55.3 Å². The lowest BCUT2D eigenvalue weighted by Crippen LogP contribution is -2.53. The summed E-state index contributed by atoms with van der Waals surface area (Å²) in [5, 5.41) is 8.79. The zero-order chi connectivity index (χ0) is 28.7. The molecular formula is C27H32ClF3N6O3. The molecule has 1 atom stereocenters. The van der Waals surface area contributed by atoms with Crippen LogP contribution >= 0.6 is 11.6 Å². The number of carbonyl (C=O) groups is 3. The van der Waals surface area contributed by atoms with Gasteiger partial charge in [-0.3, -0.25) is 19.4 Å². The molecule has 9 nitrogen and oxygen atoms in total. The molecule has 2 heterocycles. The van der Waals surface area contributed by atoms with Gasteiger partial charge in [-0.25, -0.2) is 4.79 Å². The number of hydrogen-bond acceptors (Lipinski definition) is 5. The van der Waals surface area contributed by atoms with Gasteiger partial charge >= 0.3 is 12.2 Å². The molecule has 216 valence electrons. The molecule has 0 radical (unpaired) electrons. The quantitative estimate of drug-likeness (QED) is 0.444. The first kappa shape index (κ1) is 29.6. The Bertz CT molecular complexity index is 1190. The van der Waals surface area contributed by atoms with Crippen molar-refractivity contribution in [1.82, 2.24) is 25.3 Å². The maximum Gasteiger partial charge on any atom is 0.416 e. The Labute approximate surface area is 235 Å². The van der Waals surface area contributed by atoms with Crippen LogP contribution in [0.25, 0.3) is 0 Å². The number of rotatable bonds is 8. The monoisotopic (exact) mass is 580 g/mol. The highest BCUT2D eigenvalue weighted by molar-refractivity contribution is 6.30. The molecule has 2 aliphatic heterocycles. The Kier molecular flexibility index (Phi) is 9.88. The lowest BCUT2D eigenvalue weighted by atomic mass is 10.1. The van der Waals surface area contributed by atoms with Crippen molar-refractivity contribution in [3.8, 4) is 0 Å². The minimum Gasteiger partial charge on any atom is -0.343 e. The average molecular weight is 581 g/mol. The van der Waals surface area contributed by atoms with E-state index in [-0.39, 0.29) is 24.3 Å². The second-order valence-corrected chi connectivity index (χ2v) is 10.2. The van der Waals surface area contributed by atoms with Crippen molar-refractivity contribution < 1.29 is 27.6 Å². The fraction of sp³-hybridized carbons (Fsp3) is 0.444. The first-order chi connectivity index (χ1) is 19.1. The SMILES string of the molecule is O=C(CNC(=O)c1cccc(C(F)(F)F)c1)NC1CCCN1CCN1CCN(C(=O)Nc2ccc(Cl)cc2)CC1. The van der Waals surface area contributed by atoms with Crippen molar-refractivity contribution in [2.75, 3.05) is 57.7 Å². The number of urea groups is 1. The Hall–Kier alpha value is -3.35. The predicted molar refractivity (Wildman–Crippen MR) is 145 cm³/mol. The summed E-state index contributed by atoms with van der Waals surface area (Å²) < 4.78 is 38.7. The van der Waals surface area contributed by atoms with Gasteiger partial charge in [0.05, 0.1) is 18.3 Å². The van der Waals surface area contributed by atoms with Crippen molar-refractivity contribution in [3.05, 3.63) is 64.7 Å². The van der Waals surface area contributed by atoms with Gasteiger partial charge in [0.15, 0.2) is 0 Å². The Morgan fingerprint density at radius 2 is 1.68 bits per heavy atom. The third kappa shape index (κ3) is 8.33. The molecular weight excluding hydrogens is 549 g/mol. The van der Waals surface area contributed by atoms with E-state index in [1.54, 1.807) is 29.2 Å². The molecule has 13 heteroatoms. The maximum atomic E-state index is 12.9. The molecule has 0 bridgehead atoms. The number of nitrogens with zero attached hydrogens (tertiary/aromatic N) is 3. The third-order valence-corrected chi connectivity index (χ3v) is 7.26. The van der Waals surface area contributed by atoms with E-state index in [9.17, 15) is 27.6 Å². The molecule has 1 unspecified atom stereocenters. The topological polar surface area (TPSA) is 97.0 Å². The van der Waals surface area contributed by atoms with E-state index >= 15 is 0 Å². The summed E-state index contributed by atoms with van der Waals surface area (Å²) in [6.45, 7) is 4.69. The molecule has 2 aromatic rings. The van der Waals surface area contributed by atoms with Crippen LogP contribution in [0.1, 0.15) is 28.8 Å². The molecule has 4 amide bonds. The van der Waals surface area contributed by atoms with E-state index < -0.39 is 23.6 Å². The van der Waals surface area contributed by atoms with Gasteiger partial charge < -0.3 is 20.9 Å². The zero-order valence-corrected chi connectivity index (χ0v) is 22.6. The van der Waals surface area contributed by atoms with Crippen molar-refractivity contribution in [2.24, 2.45) is 0 Å². The van der Waals surface area contributed by atoms with E-state index in [0.29, 0.717) is 23.8 Å². The smallest absolute Gasteiger partial charge is 0.343 e.